The predicted molar refractivity (Wildman–Crippen MR) is 140 cm³/mol. The zero-order chi connectivity index (χ0) is 25.5. The summed E-state index contributed by atoms with van der Waals surface area (Å²) in [6.07, 6.45) is 6.16. The summed E-state index contributed by atoms with van der Waals surface area (Å²) in [6.45, 7) is 7.86. The lowest BCUT2D eigenvalue weighted by atomic mass is 9.85. The number of fused-ring (bicyclic) bond motifs is 3. The van der Waals surface area contributed by atoms with Crippen molar-refractivity contribution < 1.29 is 9.13 Å². The highest BCUT2D eigenvalue weighted by Crippen LogP contribution is 2.54. The Bertz CT molecular complexity index is 1400. The van der Waals surface area contributed by atoms with Gasteiger partial charge in [-0.2, -0.15) is 9.97 Å². The molecule has 3 N–H and O–H groups in total. The van der Waals surface area contributed by atoms with Gasteiger partial charge in [-0.15, -0.1) is 0 Å². The number of ether oxygens (including phenoxy) is 1. The van der Waals surface area contributed by atoms with E-state index in [-0.39, 0.29) is 28.7 Å². The summed E-state index contributed by atoms with van der Waals surface area (Å²) < 4.78 is 20.7. The van der Waals surface area contributed by atoms with Crippen LogP contribution in [0.15, 0.2) is 24.5 Å². The SMILES string of the molecule is CNc1cc(F)cc2c1Cc1nc(Oc3cnc(N4CC(C)(C)C4)nc3)nc(N3C[C@H](N)C4(CC4)C3)c1-2. The number of nitrogens with zero attached hydrogens (tertiary/aromatic N) is 6. The summed E-state index contributed by atoms with van der Waals surface area (Å²) >= 11 is 0. The third-order valence-electron chi connectivity index (χ3n) is 8.29. The van der Waals surface area contributed by atoms with Crippen LogP contribution in [0.5, 0.6) is 11.8 Å². The predicted octanol–water partition coefficient (Wildman–Crippen LogP) is 3.58. The molecule has 4 aliphatic rings. The largest absolute Gasteiger partial charge is 0.421 e. The second-order valence-electron chi connectivity index (χ2n) is 11.7. The topological polar surface area (TPSA) is 105 Å². The molecule has 0 bridgehead atoms. The molecule has 2 saturated heterocycles. The van der Waals surface area contributed by atoms with Crippen molar-refractivity contribution in [1.82, 2.24) is 19.9 Å². The molecular weight excluding hydrogens is 471 g/mol. The summed E-state index contributed by atoms with van der Waals surface area (Å²) in [5, 5.41) is 3.13. The molecule has 1 spiro atoms. The summed E-state index contributed by atoms with van der Waals surface area (Å²) in [4.78, 5) is 23.0. The summed E-state index contributed by atoms with van der Waals surface area (Å²) in [7, 11) is 1.81. The van der Waals surface area contributed by atoms with Crippen LogP contribution in [0.25, 0.3) is 11.1 Å². The van der Waals surface area contributed by atoms with Gasteiger partial charge >= 0.3 is 6.01 Å². The van der Waals surface area contributed by atoms with Gasteiger partial charge in [0.25, 0.3) is 0 Å². The average molecular weight is 503 g/mol. The number of anilines is 3. The number of halogens is 1. The normalized spacial score (nSPS) is 22.0. The van der Waals surface area contributed by atoms with E-state index in [1.54, 1.807) is 25.5 Å². The van der Waals surface area contributed by atoms with E-state index in [4.69, 9.17) is 20.4 Å². The van der Waals surface area contributed by atoms with Crippen molar-refractivity contribution in [2.45, 2.75) is 39.2 Å². The number of benzene rings is 1. The van der Waals surface area contributed by atoms with Gasteiger partial charge in [-0.3, -0.25) is 0 Å². The van der Waals surface area contributed by atoms with Crippen molar-refractivity contribution in [3.8, 4) is 22.9 Å². The first-order chi connectivity index (χ1) is 17.7. The van der Waals surface area contributed by atoms with Crippen LogP contribution in [0, 0.1) is 16.6 Å². The van der Waals surface area contributed by atoms with Crippen LogP contribution in [0.4, 0.5) is 21.8 Å². The Morgan fingerprint density at radius 2 is 1.84 bits per heavy atom. The van der Waals surface area contributed by atoms with Gasteiger partial charge in [-0.05, 0) is 41.5 Å². The lowest BCUT2D eigenvalue weighted by molar-refractivity contribution is 0.272. The van der Waals surface area contributed by atoms with Gasteiger partial charge in [0, 0.05) is 62.4 Å². The Hall–Kier alpha value is -3.53. The molecule has 0 amide bonds. The maximum atomic E-state index is 14.6. The van der Waals surface area contributed by atoms with Crippen molar-refractivity contribution in [2.24, 2.45) is 16.6 Å². The highest BCUT2D eigenvalue weighted by Gasteiger charge is 2.54. The fourth-order valence-electron chi connectivity index (χ4n) is 6.19. The first-order valence-corrected chi connectivity index (χ1v) is 12.9. The van der Waals surface area contributed by atoms with E-state index < -0.39 is 0 Å². The van der Waals surface area contributed by atoms with Crippen molar-refractivity contribution in [2.75, 3.05) is 48.3 Å². The number of nitrogens with two attached hydrogens (primary N) is 1. The van der Waals surface area contributed by atoms with Crippen molar-refractivity contribution in [1.29, 1.82) is 0 Å². The molecule has 2 aliphatic carbocycles. The van der Waals surface area contributed by atoms with Gasteiger partial charge in [0.2, 0.25) is 5.95 Å². The van der Waals surface area contributed by atoms with E-state index in [9.17, 15) is 4.39 Å². The monoisotopic (exact) mass is 502 g/mol. The van der Waals surface area contributed by atoms with Gasteiger partial charge in [0.15, 0.2) is 5.75 Å². The van der Waals surface area contributed by atoms with Gasteiger partial charge < -0.3 is 25.6 Å². The van der Waals surface area contributed by atoms with E-state index in [0.717, 1.165) is 66.4 Å². The molecule has 3 fully saturated rings. The molecule has 2 aliphatic heterocycles. The number of rotatable bonds is 5. The maximum Gasteiger partial charge on any atom is 0.324 e. The third kappa shape index (κ3) is 3.68. The van der Waals surface area contributed by atoms with Gasteiger partial charge in [0.1, 0.15) is 11.6 Å². The van der Waals surface area contributed by atoms with Crippen molar-refractivity contribution in [3.63, 3.8) is 0 Å². The van der Waals surface area contributed by atoms with Gasteiger partial charge in [-0.25, -0.2) is 14.4 Å². The highest BCUT2D eigenvalue weighted by molar-refractivity contribution is 5.88. The van der Waals surface area contributed by atoms with Crippen LogP contribution < -0.4 is 25.6 Å². The number of nitrogens with one attached hydrogen (secondary N) is 1. The number of hydrogen-bond acceptors (Lipinski definition) is 9. The van der Waals surface area contributed by atoms with Crippen LogP contribution in [0.3, 0.4) is 0 Å². The minimum atomic E-state index is -0.290. The second kappa shape index (κ2) is 7.74. The van der Waals surface area contributed by atoms with Crippen LogP contribution in [0.2, 0.25) is 0 Å². The molecule has 7 rings (SSSR count). The number of hydrogen-bond donors (Lipinski definition) is 2. The Morgan fingerprint density at radius 1 is 1.08 bits per heavy atom. The van der Waals surface area contributed by atoms with Crippen LogP contribution in [-0.2, 0) is 6.42 Å². The summed E-state index contributed by atoms with van der Waals surface area (Å²) in [5.74, 6) is 1.64. The first kappa shape index (κ1) is 22.7. The Kier molecular flexibility index (Phi) is 4.74. The summed E-state index contributed by atoms with van der Waals surface area (Å²) in [6, 6.07) is 3.44. The smallest absolute Gasteiger partial charge is 0.324 e. The fraction of sp³-hybridized carbons (Fsp3) is 0.481. The highest BCUT2D eigenvalue weighted by atomic mass is 19.1. The van der Waals surface area contributed by atoms with Gasteiger partial charge in [-0.1, -0.05) is 13.8 Å². The Balaban J connectivity index is 1.24. The third-order valence-corrected chi connectivity index (χ3v) is 8.29. The molecule has 0 radical (unpaired) electrons. The van der Waals surface area contributed by atoms with E-state index in [2.05, 4.69) is 38.9 Å². The molecule has 1 aromatic carbocycles. The number of aromatic nitrogens is 4. The van der Waals surface area contributed by atoms with E-state index in [1.165, 1.54) is 6.07 Å². The quantitative estimate of drug-likeness (QED) is 0.424. The zero-order valence-electron chi connectivity index (χ0n) is 21.4. The minimum Gasteiger partial charge on any atom is -0.421 e. The molecule has 9 nitrogen and oxygen atoms in total. The molecule has 0 unspecified atom stereocenters. The standard InChI is InChI=1S/C27H31FN8O/c1-26(2)12-36(13-26)24-31-9-16(10-32-24)37-25-33-20-8-17-18(6-15(28)7-19(17)30-3)22(20)23(34-25)35-11-21(29)27(14-35)4-5-27/h6-7,9-10,21,30H,4-5,8,11-14,29H2,1-3H3/t21-/m0/s1. The molecule has 1 saturated carbocycles. The van der Waals surface area contributed by atoms with Crippen molar-refractivity contribution in [3.05, 3.63) is 41.6 Å². The van der Waals surface area contributed by atoms with Crippen LogP contribution in [-0.4, -0.2) is 59.2 Å². The van der Waals surface area contributed by atoms with E-state index in [1.807, 2.05) is 0 Å². The fourth-order valence-corrected chi connectivity index (χ4v) is 6.19. The molecule has 2 aromatic heterocycles. The lowest BCUT2D eigenvalue weighted by Crippen LogP contribution is -2.53. The molecule has 37 heavy (non-hydrogen) atoms. The minimum absolute atomic E-state index is 0.0937. The molecule has 3 aromatic rings. The average Bonchev–Trinajstić information content (AvgIpc) is 3.44. The van der Waals surface area contributed by atoms with Crippen LogP contribution in [0.1, 0.15) is 37.9 Å². The summed E-state index contributed by atoms with van der Waals surface area (Å²) in [5.41, 5.74) is 11.3. The molecule has 4 heterocycles. The van der Waals surface area contributed by atoms with Gasteiger partial charge in [0.05, 0.1) is 18.1 Å². The Morgan fingerprint density at radius 3 is 2.49 bits per heavy atom. The van der Waals surface area contributed by atoms with E-state index >= 15 is 0 Å². The van der Waals surface area contributed by atoms with E-state index in [0.29, 0.717) is 24.7 Å². The lowest BCUT2D eigenvalue weighted by Gasteiger charge is -2.45. The molecule has 1 atom stereocenters. The maximum absolute atomic E-state index is 14.6. The Labute approximate surface area is 215 Å². The van der Waals surface area contributed by atoms with Crippen molar-refractivity contribution >= 4 is 17.5 Å². The molecular formula is C27H31FN8O. The van der Waals surface area contributed by atoms with Crippen LogP contribution >= 0.6 is 0 Å². The second-order valence-corrected chi connectivity index (χ2v) is 11.7. The first-order valence-electron chi connectivity index (χ1n) is 12.9. The molecule has 10 heteroatoms. The zero-order valence-corrected chi connectivity index (χ0v) is 21.4. The molecule has 192 valence electrons.